The average molecular weight is 281 g/mol. The van der Waals surface area contributed by atoms with Crippen molar-refractivity contribution < 1.29 is 4.74 Å². The summed E-state index contributed by atoms with van der Waals surface area (Å²) in [6.07, 6.45) is 6.57. The Balaban J connectivity index is 2.21. The van der Waals surface area contributed by atoms with Gasteiger partial charge in [0, 0.05) is 10.9 Å². The van der Waals surface area contributed by atoms with Crippen LogP contribution >= 0.6 is 15.9 Å². The van der Waals surface area contributed by atoms with Gasteiger partial charge in [-0.15, -0.1) is 0 Å². The molecule has 0 aliphatic carbocycles. The number of rotatable bonds is 3. The molecule has 0 bridgehead atoms. The Bertz CT molecular complexity index is 407. The van der Waals surface area contributed by atoms with Gasteiger partial charge in [0.1, 0.15) is 11.4 Å². The summed E-state index contributed by atoms with van der Waals surface area (Å²) in [6.45, 7) is 4.15. The van der Waals surface area contributed by atoms with Crippen molar-refractivity contribution in [1.82, 2.24) is 0 Å². The normalized spacial score (nSPS) is 16.7. The number of hydrogen-bond acceptors (Lipinski definition) is 1. The molecular formula is C14H17BrO. The smallest absolute Gasteiger partial charge is 0.127 e. The van der Waals surface area contributed by atoms with E-state index in [9.17, 15) is 0 Å². The zero-order valence-corrected chi connectivity index (χ0v) is 11.4. The molecule has 2 heteroatoms. The third-order valence-corrected chi connectivity index (χ3v) is 3.27. The van der Waals surface area contributed by atoms with Crippen molar-refractivity contribution in [2.75, 3.05) is 5.33 Å². The Morgan fingerprint density at radius 3 is 2.88 bits per heavy atom. The quantitative estimate of drug-likeness (QED) is 0.754. The minimum Gasteiger partial charge on any atom is -0.483 e. The van der Waals surface area contributed by atoms with Crippen molar-refractivity contribution in [2.45, 2.75) is 32.3 Å². The van der Waals surface area contributed by atoms with Crippen LogP contribution in [0.15, 0.2) is 24.3 Å². The van der Waals surface area contributed by atoms with Crippen molar-refractivity contribution in [2.24, 2.45) is 0 Å². The van der Waals surface area contributed by atoms with Gasteiger partial charge in [-0.05, 0) is 50.5 Å². The second-order valence-electron chi connectivity index (χ2n) is 4.70. The van der Waals surface area contributed by atoms with E-state index < -0.39 is 0 Å². The molecule has 0 unspecified atom stereocenters. The fraction of sp³-hybridized carbons (Fsp3) is 0.429. The lowest BCUT2D eigenvalue weighted by molar-refractivity contribution is 0.159. The van der Waals surface area contributed by atoms with E-state index in [0.717, 1.165) is 17.5 Å². The highest BCUT2D eigenvalue weighted by atomic mass is 79.9. The summed E-state index contributed by atoms with van der Waals surface area (Å²) in [4.78, 5) is 0. The summed E-state index contributed by atoms with van der Waals surface area (Å²) in [5, 5.41) is 1.06. The van der Waals surface area contributed by atoms with Crippen LogP contribution in [-0.4, -0.2) is 10.9 Å². The van der Waals surface area contributed by atoms with Crippen molar-refractivity contribution >= 4 is 22.0 Å². The minimum atomic E-state index is -0.176. The molecule has 1 aromatic rings. The van der Waals surface area contributed by atoms with Gasteiger partial charge in [0.25, 0.3) is 0 Å². The van der Waals surface area contributed by atoms with Gasteiger partial charge in [0.2, 0.25) is 0 Å². The standard InChI is InChI=1S/C14H17BrO/c1-14(2)8-7-12-10-11(4-3-9-15)5-6-13(12)16-14/h5-8,10H,3-4,9H2,1-2H3. The summed E-state index contributed by atoms with van der Waals surface area (Å²) in [7, 11) is 0. The van der Waals surface area contributed by atoms with Gasteiger partial charge in [-0.2, -0.15) is 0 Å². The van der Waals surface area contributed by atoms with Crippen LogP contribution in [0.3, 0.4) is 0 Å². The lowest BCUT2D eigenvalue weighted by atomic mass is 9.99. The van der Waals surface area contributed by atoms with E-state index >= 15 is 0 Å². The van der Waals surface area contributed by atoms with E-state index in [1.54, 1.807) is 0 Å². The average Bonchev–Trinajstić information content (AvgIpc) is 2.25. The Kier molecular flexibility index (Phi) is 3.38. The molecule has 0 aromatic heterocycles. The molecule has 1 aliphatic heterocycles. The predicted molar refractivity (Wildman–Crippen MR) is 72.3 cm³/mol. The summed E-state index contributed by atoms with van der Waals surface area (Å²) in [5.74, 6) is 0.995. The zero-order chi connectivity index (χ0) is 11.6. The number of hydrogen-bond donors (Lipinski definition) is 0. The van der Waals surface area contributed by atoms with Crippen molar-refractivity contribution in [3.8, 4) is 5.75 Å². The van der Waals surface area contributed by atoms with E-state index in [4.69, 9.17) is 4.74 Å². The zero-order valence-electron chi connectivity index (χ0n) is 9.79. The highest BCUT2D eigenvalue weighted by Crippen LogP contribution is 2.31. The molecule has 0 amide bonds. The second-order valence-corrected chi connectivity index (χ2v) is 5.50. The van der Waals surface area contributed by atoms with Crippen molar-refractivity contribution in [3.05, 3.63) is 35.4 Å². The Morgan fingerprint density at radius 2 is 2.12 bits per heavy atom. The first-order valence-electron chi connectivity index (χ1n) is 5.68. The first-order chi connectivity index (χ1) is 7.61. The van der Waals surface area contributed by atoms with E-state index in [2.05, 4.69) is 60.1 Å². The van der Waals surface area contributed by atoms with Crippen LogP contribution < -0.4 is 4.74 Å². The van der Waals surface area contributed by atoms with Gasteiger partial charge in [-0.1, -0.05) is 28.1 Å². The predicted octanol–water partition coefficient (Wildman–Crippen LogP) is 4.20. The second kappa shape index (κ2) is 4.62. The van der Waals surface area contributed by atoms with Crippen LogP contribution in [0.4, 0.5) is 0 Å². The van der Waals surface area contributed by atoms with Crippen LogP contribution in [0.25, 0.3) is 6.08 Å². The van der Waals surface area contributed by atoms with E-state index in [1.165, 1.54) is 17.5 Å². The summed E-state index contributed by atoms with van der Waals surface area (Å²) in [5.41, 5.74) is 2.40. The highest BCUT2D eigenvalue weighted by molar-refractivity contribution is 9.09. The van der Waals surface area contributed by atoms with Gasteiger partial charge in [0.15, 0.2) is 0 Å². The van der Waals surface area contributed by atoms with Gasteiger partial charge < -0.3 is 4.74 Å². The summed E-state index contributed by atoms with van der Waals surface area (Å²) >= 11 is 3.46. The van der Waals surface area contributed by atoms with Gasteiger partial charge >= 0.3 is 0 Å². The van der Waals surface area contributed by atoms with Crippen molar-refractivity contribution in [3.63, 3.8) is 0 Å². The van der Waals surface area contributed by atoms with Crippen LogP contribution in [0.1, 0.15) is 31.4 Å². The molecule has 0 saturated heterocycles. The molecule has 1 aromatic carbocycles. The third kappa shape index (κ3) is 2.67. The van der Waals surface area contributed by atoms with Gasteiger partial charge in [-0.25, -0.2) is 0 Å². The molecule has 1 aliphatic rings. The molecule has 0 fully saturated rings. The molecule has 0 radical (unpaired) electrons. The summed E-state index contributed by atoms with van der Waals surface area (Å²) in [6, 6.07) is 6.48. The number of ether oxygens (including phenoxy) is 1. The van der Waals surface area contributed by atoms with Crippen LogP contribution in [0.5, 0.6) is 5.75 Å². The van der Waals surface area contributed by atoms with Gasteiger partial charge in [-0.3, -0.25) is 0 Å². The summed E-state index contributed by atoms with van der Waals surface area (Å²) < 4.78 is 5.88. The maximum absolute atomic E-state index is 5.88. The molecule has 0 spiro atoms. The molecule has 2 rings (SSSR count). The fourth-order valence-corrected chi connectivity index (χ4v) is 2.14. The SMILES string of the molecule is CC1(C)C=Cc2cc(CCCBr)ccc2O1. The first kappa shape index (κ1) is 11.7. The van der Waals surface area contributed by atoms with E-state index in [-0.39, 0.29) is 5.60 Å². The van der Waals surface area contributed by atoms with E-state index in [0.29, 0.717) is 0 Å². The maximum Gasteiger partial charge on any atom is 0.127 e. The maximum atomic E-state index is 5.88. The molecule has 0 N–H and O–H groups in total. The van der Waals surface area contributed by atoms with Crippen molar-refractivity contribution in [1.29, 1.82) is 0 Å². The molecule has 0 saturated carbocycles. The van der Waals surface area contributed by atoms with Crippen LogP contribution in [-0.2, 0) is 6.42 Å². The largest absolute Gasteiger partial charge is 0.483 e. The van der Waals surface area contributed by atoms with E-state index in [1.807, 2.05) is 0 Å². The number of halogens is 1. The molecule has 16 heavy (non-hydrogen) atoms. The Hall–Kier alpha value is -0.760. The Labute approximate surface area is 106 Å². The monoisotopic (exact) mass is 280 g/mol. The number of aryl methyl sites for hydroxylation is 1. The molecule has 86 valence electrons. The Morgan fingerprint density at radius 1 is 1.31 bits per heavy atom. The lowest BCUT2D eigenvalue weighted by Crippen LogP contribution is -2.27. The number of fused-ring (bicyclic) bond motifs is 1. The number of benzene rings is 1. The first-order valence-corrected chi connectivity index (χ1v) is 6.80. The molecular weight excluding hydrogens is 264 g/mol. The molecule has 1 nitrogen and oxygen atoms in total. The van der Waals surface area contributed by atoms with Crippen LogP contribution in [0, 0.1) is 0 Å². The molecule has 0 atom stereocenters. The lowest BCUT2D eigenvalue weighted by Gasteiger charge is -2.28. The van der Waals surface area contributed by atoms with Crippen LogP contribution in [0.2, 0.25) is 0 Å². The van der Waals surface area contributed by atoms with Gasteiger partial charge in [0.05, 0.1) is 0 Å². The fourth-order valence-electron chi connectivity index (χ4n) is 1.86. The highest BCUT2D eigenvalue weighted by Gasteiger charge is 2.21. The number of alkyl halides is 1. The third-order valence-electron chi connectivity index (χ3n) is 2.71. The minimum absolute atomic E-state index is 0.176. The topological polar surface area (TPSA) is 9.23 Å². The molecule has 1 heterocycles.